The standard InChI is InChI=1S/C17H22N2/c1-19(12-10-15-6-3-2-4-7-15)13-11-16-8-5-9-17(18)14-16/h2-9,14H,10-13,18H2,1H3. The van der Waals surface area contributed by atoms with Gasteiger partial charge in [-0.05, 0) is 43.1 Å². The van der Waals surface area contributed by atoms with E-state index in [4.69, 9.17) is 5.73 Å². The summed E-state index contributed by atoms with van der Waals surface area (Å²) in [5.41, 5.74) is 9.35. The number of anilines is 1. The topological polar surface area (TPSA) is 29.3 Å². The van der Waals surface area contributed by atoms with Gasteiger partial charge in [0.1, 0.15) is 0 Å². The van der Waals surface area contributed by atoms with E-state index >= 15 is 0 Å². The summed E-state index contributed by atoms with van der Waals surface area (Å²) in [4.78, 5) is 2.37. The average molecular weight is 254 g/mol. The zero-order chi connectivity index (χ0) is 13.5. The van der Waals surface area contributed by atoms with Gasteiger partial charge in [-0.25, -0.2) is 0 Å². The van der Waals surface area contributed by atoms with E-state index in [1.807, 2.05) is 12.1 Å². The van der Waals surface area contributed by atoms with Crippen molar-refractivity contribution in [1.82, 2.24) is 4.90 Å². The number of hydrogen-bond acceptors (Lipinski definition) is 2. The van der Waals surface area contributed by atoms with E-state index in [2.05, 4.69) is 54.4 Å². The first kappa shape index (κ1) is 13.6. The Labute approximate surface area is 115 Å². The highest BCUT2D eigenvalue weighted by Gasteiger charge is 2.00. The highest BCUT2D eigenvalue weighted by Crippen LogP contribution is 2.08. The molecule has 2 heteroatoms. The highest BCUT2D eigenvalue weighted by molar-refractivity contribution is 5.40. The molecule has 0 aliphatic carbocycles. The van der Waals surface area contributed by atoms with Crippen LogP contribution in [0.3, 0.4) is 0 Å². The van der Waals surface area contributed by atoms with E-state index in [9.17, 15) is 0 Å². The van der Waals surface area contributed by atoms with Crippen LogP contribution in [0.1, 0.15) is 11.1 Å². The van der Waals surface area contributed by atoms with Crippen molar-refractivity contribution in [3.8, 4) is 0 Å². The Hall–Kier alpha value is -1.80. The Morgan fingerprint density at radius 1 is 0.842 bits per heavy atom. The van der Waals surface area contributed by atoms with Crippen LogP contribution in [-0.4, -0.2) is 25.0 Å². The molecule has 2 aromatic rings. The molecule has 19 heavy (non-hydrogen) atoms. The molecule has 2 aromatic carbocycles. The summed E-state index contributed by atoms with van der Waals surface area (Å²) in [6.07, 6.45) is 2.16. The summed E-state index contributed by atoms with van der Waals surface area (Å²) in [7, 11) is 2.18. The fraction of sp³-hybridized carbons (Fsp3) is 0.294. The molecule has 0 unspecified atom stereocenters. The number of rotatable bonds is 6. The van der Waals surface area contributed by atoms with E-state index in [0.717, 1.165) is 31.6 Å². The average Bonchev–Trinajstić information content (AvgIpc) is 2.44. The molecule has 0 saturated carbocycles. The number of nitrogens with two attached hydrogens (primary N) is 1. The molecular formula is C17H22N2. The second kappa shape index (κ2) is 6.95. The fourth-order valence-electron chi connectivity index (χ4n) is 2.15. The second-order valence-electron chi connectivity index (χ2n) is 5.03. The molecule has 0 heterocycles. The molecule has 2 nitrogen and oxygen atoms in total. The smallest absolute Gasteiger partial charge is 0.0316 e. The van der Waals surface area contributed by atoms with Crippen molar-refractivity contribution in [2.45, 2.75) is 12.8 Å². The highest BCUT2D eigenvalue weighted by atomic mass is 15.1. The van der Waals surface area contributed by atoms with Crippen molar-refractivity contribution in [2.75, 3.05) is 25.9 Å². The van der Waals surface area contributed by atoms with Gasteiger partial charge < -0.3 is 10.6 Å². The molecule has 0 saturated heterocycles. The summed E-state index contributed by atoms with van der Waals surface area (Å²) in [5.74, 6) is 0. The Kier molecular flexibility index (Phi) is 4.99. The lowest BCUT2D eigenvalue weighted by molar-refractivity contribution is 0.343. The summed E-state index contributed by atoms with van der Waals surface area (Å²) in [5, 5.41) is 0. The molecular weight excluding hydrogens is 232 g/mol. The normalized spacial score (nSPS) is 10.8. The third-order valence-corrected chi connectivity index (χ3v) is 3.36. The molecule has 0 bridgehead atoms. The SMILES string of the molecule is CN(CCc1ccccc1)CCc1cccc(N)c1. The zero-order valence-electron chi connectivity index (χ0n) is 11.5. The molecule has 0 atom stereocenters. The Morgan fingerprint density at radius 2 is 1.47 bits per heavy atom. The largest absolute Gasteiger partial charge is 0.399 e. The molecule has 0 aromatic heterocycles. The summed E-state index contributed by atoms with van der Waals surface area (Å²) in [6, 6.07) is 18.8. The number of benzene rings is 2. The molecule has 2 rings (SSSR count). The lowest BCUT2D eigenvalue weighted by atomic mass is 10.1. The summed E-state index contributed by atoms with van der Waals surface area (Å²) in [6.45, 7) is 2.16. The van der Waals surface area contributed by atoms with Gasteiger partial charge in [0.15, 0.2) is 0 Å². The lowest BCUT2D eigenvalue weighted by Crippen LogP contribution is -2.23. The van der Waals surface area contributed by atoms with Crippen molar-refractivity contribution in [2.24, 2.45) is 0 Å². The molecule has 0 aliphatic rings. The van der Waals surface area contributed by atoms with Crippen LogP contribution in [0.15, 0.2) is 54.6 Å². The third-order valence-electron chi connectivity index (χ3n) is 3.36. The lowest BCUT2D eigenvalue weighted by Gasteiger charge is -2.16. The Balaban J connectivity index is 1.74. The predicted molar refractivity (Wildman–Crippen MR) is 82.2 cm³/mol. The van der Waals surface area contributed by atoms with Crippen LogP contribution in [0.4, 0.5) is 5.69 Å². The Morgan fingerprint density at radius 3 is 2.16 bits per heavy atom. The third kappa shape index (κ3) is 4.76. The minimum atomic E-state index is 0.851. The summed E-state index contributed by atoms with van der Waals surface area (Å²) >= 11 is 0. The Bertz CT molecular complexity index is 494. The molecule has 2 N–H and O–H groups in total. The molecule has 0 amide bonds. The predicted octanol–water partition coefficient (Wildman–Crippen LogP) is 2.99. The minimum Gasteiger partial charge on any atom is -0.399 e. The number of nitrogen functional groups attached to an aromatic ring is 1. The van der Waals surface area contributed by atoms with Crippen LogP contribution in [0.25, 0.3) is 0 Å². The monoisotopic (exact) mass is 254 g/mol. The molecule has 0 aliphatic heterocycles. The number of likely N-dealkylation sites (N-methyl/N-ethyl adjacent to an activating group) is 1. The van der Waals surface area contributed by atoms with Gasteiger partial charge in [-0.15, -0.1) is 0 Å². The van der Waals surface area contributed by atoms with Crippen LogP contribution >= 0.6 is 0 Å². The van der Waals surface area contributed by atoms with Crippen molar-refractivity contribution in [3.05, 3.63) is 65.7 Å². The summed E-state index contributed by atoms with van der Waals surface area (Å²) < 4.78 is 0. The van der Waals surface area contributed by atoms with Gasteiger partial charge in [-0.3, -0.25) is 0 Å². The van der Waals surface area contributed by atoms with E-state index in [1.54, 1.807) is 0 Å². The van der Waals surface area contributed by atoms with Crippen molar-refractivity contribution >= 4 is 5.69 Å². The van der Waals surface area contributed by atoms with Gasteiger partial charge in [0.25, 0.3) is 0 Å². The quantitative estimate of drug-likeness (QED) is 0.803. The second-order valence-corrected chi connectivity index (χ2v) is 5.03. The molecule has 0 radical (unpaired) electrons. The molecule has 100 valence electrons. The van der Waals surface area contributed by atoms with E-state index < -0.39 is 0 Å². The maximum Gasteiger partial charge on any atom is 0.0316 e. The first-order valence-electron chi connectivity index (χ1n) is 6.81. The van der Waals surface area contributed by atoms with Crippen LogP contribution < -0.4 is 5.73 Å². The van der Waals surface area contributed by atoms with Gasteiger partial charge in [0.05, 0.1) is 0 Å². The molecule has 0 fully saturated rings. The minimum absolute atomic E-state index is 0.851. The van der Waals surface area contributed by atoms with Gasteiger partial charge in [0, 0.05) is 18.8 Å². The zero-order valence-corrected chi connectivity index (χ0v) is 11.5. The first-order chi connectivity index (χ1) is 9.24. The van der Waals surface area contributed by atoms with E-state index in [-0.39, 0.29) is 0 Å². The van der Waals surface area contributed by atoms with Crippen LogP contribution in [0.2, 0.25) is 0 Å². The van der Waals surface area contributed by atoms with Crippen molar-refractivity contribution in [1.29, 1.82) is 0 Å². The maximum atomic E-state index is 5.79. The first-order valence-corrected chi connectivity index (χ1v) is 6.81. The van der Waals surface area contributed by atoms with Gasteiger partial charge >= 0.3 is 0 Å². The van der Waals surface area contributed by atoms with Gasteiger partial charge in [0.2, 0.25) is 0 Å². The van der Waals surface area contributed by atoms with Crippen molar-refractivity contribution in [3.63, 3.8) is 0 Å². The number of hydrogen-bond donors (Lipinski definition) is 1. The molecule has 0 spiro atoms. The van der Waals surface area contributed by atoms with Crippen molar-refractivity contribution < 1.29 is 0 Å². The maximum absolute atomic E-state index is 5.79. The van der Waals surface area contributed by atoms with E-state index in [0.29, 0.717) is 0 Å². The number of nitrogens with zero attached hydrogens (tertiary/aromatic N) is 1. The van der Waals surface area contributed by atoms with Crippen LogP contribution in [0.5, 0.6) is 0 Å². The fourth-order valence-corrected chi connectivity index (χ4v) is 2.15. The van der Waals surface area contributed by atoms with Crippen LogP contribution in [0, 0.1) is 0 Å². The van der Waals surface area contributed by atoms with Gasteiger partial charge in [-0.1, -0.05) is 42.5 Å². The van der Waals surface area contributed by atoms with Crippen LogP contribution in [-0.2, 0) is 12.8 Å². The van der Waals surface area contributed by atoms with E-state index in [1.165, 1.54) is 11.1 Å². The van der Waals surface area contributed by atoms with Gasteiger partial charge in [-0.2, -0.15) is 0 Å².